The van der Waals surface area contributed by atoms with Crippen LogP contribution in [0.4, 0.5) is 0 Å². The quantitative estimate of drug-likeness (QED) is 0.857. The van der Waals surface area contributed by atoms with Crippen LogP contribution < -0.4 is 5.56 Å². The summed E-state index contributed by atoms with van der Waals surface area (Å²) in [6.45, 7) is 6.37. The van der Waals surface area contributed by atoms with Crippen LogP contribution in [0.3, 0.4) is 0 Å². The Hall–Kier alpha value is -1.76. The Morgan fingerprint density at radius 3 is 2.68 bits per heavy atom. The monoisotopic (exact) mass is 262 g/mol. The molecule has 1 aromatic heterocycles. The summed E-state index contributed by atoms with van der Waals surface area (Å²) in [6.07, 6.45) is 4.23. The maximum absolute atomic E-state index is 12.1. The summed E-state index contributed by atoms with van der Waals surface area (Å²) >= 11 is 0. The molecular formula is C15H22N2O2. The lowest BCUT2D eigenvalue weighted by atomic mass is 9.99. The third-order valence-electron chi connectivity index (χ3n) is 3.57. The highest BCUT2D eigenvalue weighted by Gasteiger charge is 2.15. The molecule has 104 valence electrons. The molecule has 0 aliphatic rings. The number of nitriles is 1. The number of pyridine rings is 1. The summed E-state index contributed by atoms with van der Waals surface area (Å²) in [5.41, 5.74) is 0.279. The average molecular weight is 262 g/mol. The highest BCUT2D eigenvalue weighted by Crippen LogP contribution is 2.18. The van der Waals surface area contributed by atoms with Crippen molar-refractivity contribution in [2.75, 3.05) is 0 Å². The molecule has 0 aliphatic heterocycles. The number of aryl methyl sites for hydroxylation is 1. The summed E-state index contributed by atoms with van der Waals surface area (Å²) in [5, 5.41) is 18.9. The lowest BCUT2D eigenvalue weighted by Crippen LogP contribution is -2.26. The van der Waals surface area contributed by atoms with E-state index in [1.54, 1.807) is 6.92 Å². The molecule has 1 aromatic rings. The van der Waals surface area contributed by atoms with E-state index in [2.05, 4.69) is 13.8 Å². The molecule has 19 heavy (non-hydrogen) atoms. The maximum atomic E-state index is 12.1. The number of hydrogen-bond donors (Lipinski definition) is 1. The zero-order valence-electron chi connectivity index (χ0n) is 11.9. The molecule has 0 radical (unpaired) electrons. The van der Waals surface area contributed by atoms with Crippen LogP contribution in [0.25, 0.3) is 0 Å². The molecule has 1 rings (SSSR count). The van der Waals surface area contributed by atoms with Gasteiger partial charge < -0.3 is 5.11 Å². The van der Waals surface area contributed by atoms with Crippen LogP contribution >= 0.6 is 0 Å². The normalized spacial score (nSPS) is 12.1. The van der Waals surface area contributed by atoms with Gasteiger partial charge in [-0.1, -0.05) is 33.1 Å². The minimum absolute atomic E-state index is 0.0450. The standard InChI is InChI=1S/C15H22N2O2/c1-4-6-7-12(5-2)10-17-14(18)8-11(3)13(9-16)15(17)19/h8,12,18H,4-7,10H2,1-3H3. The predicted octanol–water partition coefficient (Wildman–Crippen LogP) is 2.95. The van der Waals surface area contributed by atoms with Crippen molar-refractivity contribution in [2.24, 2.45) is 5.92 Å². The van der Waals surface area contributed by atoms with Crippen molar-refractivity contribution < 1.29 is 5.11 Å². The van der Waals surface area contributed by atoms with Crippen LogP contribution in [0.1, 0.15) is 50.7 Å². The molecule has 0 aliphatic carbocycles. The first-order chi connectivity index (χ1) is 9.04. The van der Waals surface area contributed by atoms with Gasteiger partial charge in [-0.05, 0) is 24.8 Å². The van der Waals surface area contributed by atoms with Gasteiger partial charge >= 0.3 is 0 Å². The Morgan fingerprint density at radius 1 is 1.47 bits per heavy atom. The minimum atomic E-state index is -0.380. The molecule has 1 atom stereocenters. The first-order valence-electron chi connectivity index (χ1n) is 6.88. The largest absolute Gasteiger partial charge is 0.494 e. The van der Waals surface area contributed by atoms with Crippen molar-refractivity contribution >= 4 is 0 Å². The topological polar surface area (TPSA) is 66.0 Å². The molecule has 0 fully saturated rings. The molecule has 4 nitrogen and oxygen atoms in total. The van der Waals surface area contributed by atoms with E-state index in [4.69, 9.17) is 5.26 Å². The molecule has 0 saturated heterocycles. The molecule has 1 N–H and O–H groups in total. The molecular weight excluding hydrogens is 240 g/mol. The third-order valence-corrected chi connectivity index (χ3v) is 3.57. The maximum Gasteiger partial charge on any atom is 0.271 e. The van der Waals surface area contributed by atoms with Crippen molar-refractivity contribution in [1.29, 1.82) is 5.26 Å². The Kier molecular flexibility index (Phi) is 5.62. The van der Waals surface area contributed by atoms with E-state index >= 15 is 0 Å². The van der Waals surface area contributed by atoms with E-state index in [0.29, 0.717) is 18.0 Å². The third kappa shape index (κ3) is 3.60. The molecule has 1 heterocycles. The van der Waals surface area contributed by atoms with E-state index in [9.17, 15) is 9.90 Å². The fraction of sp³-hybridized carbons (Fsp3) is 0.600. The Balaban J connectivity index is 3.07. The number of hydrogen-bond acceptors (Lipinski definition) is 3. The van der Waals surface area contributed by atoms with Gasteiger partial charge in [0.2, 0.25) is 0 Å². The van der Waals surface area contributed by atoms with Gasteiger partial charge in [0.25, 0.3) is 5.56 Å². The van der Waals surface area contributed by atoms with E-state index in [-0.39, 0.29) is 17.0 Å². The number of aromatic hydroxyl groups is 1. The van der Waals surface area contributed by atoms with E-state index in [1.807, 2.05) is 6.07 Å². The Labute approximate surface area is 114 Å². The van der Waals surface area contributed by atoms with Crippen molar-refractivity contribution in [2.45, 2.75) is 53.0 Å². The summed E-state index contributed by atoms with van der Waals surface area (Å²) < 4.78 is 1.33. The summed E-state index contributed by atoms with van der Waals surface area (Å²) in [5.74, 6) is 0.314. The highest BCUT2D eigenvalue weighted by molar-refractivity contribution is 5.37. The van der Waals surface area contributed by atoms with E-state index in [1.165, 1.54) is 10.6 Å². The van der Waals surface area contributed by atoms with Gasteiger partial charge in [-0.2, -0.15) is 5.26 Å². The average Bonchev–Trinajstić information content (AvgIpc) is 2.38. The molecule has 0 amide bonds. The zero-order chi connectivity index (χ0) is 14.4. The molecule has 0 bridgehead atoms. The molecule has 0 saturated carbocycles. The van der Waals surface area contributed by atoms with Crippen molar-refractivity contribution in [3.8, 4) is 11.9 Å². The Bertz CT molecular complexity index is 526. The van der Waals surface area contributed by atoms with Crippen LogP contribution in [0, 0.1) is 24.2 Å². The molecule has 1 unspecified atom stereocenters. The minimum Gasteiger partial charge on any atom is -0.494 e. The zero-order valence-corrected chi connectivity index (χ0v) is 11.9. The van der Waals surface area contributed by atoms with Gasteiger partial charge in [-0.15, -0.1) is 0 Å². The fourth-order valence-corrected chi connectivity index (χ4v) is 2.24. The second-order valence-corrected chi connectivity index (χ2v) is 5.00. The number of nitrogens with zero attached hydrogens (tertiary/aromatic N) is 2. The predicted molar refractivity (Wildman–Crippen MR) is 75.1 cm³/mol. The second kappa shape index (κ2) is 6.98. The number of aromatic nitrogens is 1. The van der Waals surface area contributed by atoms with E-state index in [0.717, 1.165) is 25.7 Å². The van der Waals surface area contributed by atoms with Crippen LogP contribution in [0.5, 0.6) is 5.88 Å². The molecule has 0 aromatic carbocycles. The first-order valence-corrected chi connectivity index (χ1v) is 6.88. The summed E-state index contributed by atoms with van der Waals surface area (Å²) in [6, 6.07) is 3.41. The van der Waals surface area contributed by atoms with Crippen molar-refractivity contribution in [3.05, 3.63) is 27.5 Å². The van der Waals surface area contributed by atoms with Gasteiger partial charge in [-0.3, -0.25) is 9.36 Å². The summed E-state index contributed by atoms with van der Waals surface area (Å²) in [4.78, 5) is 12.1. The molecule has 0 spiro atoms. The summed E-state index contributed by atoms with van der Waals surface area (Å²) in [7, 11) is 0. The molecule has 4 heteroatoms. The van der Waals surface area contributed by atoms with Gasteiger partial charge in [0, 0.05) is 12.6 Å². The smallest absolute Gasteiger partial charge is 0.271 e. The van der Waals surface area contributed by atoms with Crippen LogP contribution in [0.15, 0.2) is 10.9 Å². The van der Waals surface area contributed by atoms with E-state index < -0.39 is 0 Å². The lowest BCUT2D eigenvalue weighted by Gasteiger charge is -2.17. The first kappa shape index (κ1) is 15.3. The van der Waals surface area contributed by atoms with Crippen molar-refractivity contribution in [3.63, 3.8) is 0 Å². The van der Waals surface area contributed by atoms with Crippen LogP contribution in [0.2, 0.25) is 0 Å². The van der Waals surface area contributed by atoms with Crippen molar-refractivity contribution in [1.82, 2.24) is 4.57 Å². The van der Waals surface area contributed by atoms with Gasteiger partial charge in [0.05, 0.1) is 0 Å². The fourth-order valence-electron chi connectivity index (χ4n) is 2.24. The van der Waals surface area contributed by atoms with Crippen LogP contribution in [-0.4, -0.2) is 9.67 Å². The SMILES string of the molecule is CCCCC(CC)Cn1c(O)cc(C)c(C#N)c1=O. The highest BCUT2D eigenvalue weighted by atomic mass is 16.3. The number of unbranched alkanes of at least 4 members (excludes halogenated alkanes) is 1. The lowest BCUT2D eigenvalue weighted by molar-refractivity contribution is 0.339. The van der Waals surface area contributed by atoms with Gasteiger partial charge in [0.15, 0.2) is 5.88 Å². The Morgan fingerprint density at radius 2 is 2.16 bits per heavy atom. The second-order valence-electron chi connectivity index (χ2n) is 5.00. The van der Waals surface area contributed by atoms with Gasteiger partial charge in [-0.25, -0.2) is 0 Å². The van der Waals surface area contributed by atoms with Gasteiger partial charge in [0.1, 0.15) is 11.6 Å². The number of rotatable bonds is 6. The van der Waals surface area contributed by atoms with Crippen LogP contribution in [-0.2, 0) is 6.54 Å².